The van der Waals surface area contributed by atoms with Crippen LogP contribution in [0.4, 0.5) is 0 Å². The van der Waals surface area contributed by atoms with E-state index in [0.717, 1.165) is 16.5 Å². The van der Waals surface area contributed by atoms with Gasteiger partial charge >= 0.3 is 11.6 Å². The minimum Gasteiger partial charge on any atom is -0.508 e. The third-order valence-corrected chi connectivity index (χ3v) is 5.37. The predicted octanol–water partition coefficient (Wildman–Crippen LogP) is 2.59. The molecule has 0 fully saturated rings. The molecule has 2 heterocycles. The topological polar surface area (TPSA) is 107 Å². The van der Waals surface area contributed by atoms with Crippen LogP contribution >= 0.6 is 11.8 Å². The van der Waals surface area contributed by atoms with Crippen LogP contribution in [0.2, 0.25) is 0 Å². The number of rotatable bonds is 7. The summed E-state index contributed by atoms with van der Waals surface area (Å²) in [7, 11) is 1.78. The van der Waals surface area contributed by atoms with E-state index >= 15 is 0 Å². The summed E-state index contributed by atoms with van der Waals surface area (Å²) in [5.74, 6) is 0.728. The summed E-state index contributed by atoms with van der Waals surface area (Å²) >= 11 is 1.40. The third kappa shape index (κ3) is 4.19. The second kappa shape index (κ2) is 8.47. The highest BCUT2D eigenvalue weighted by Gasteiger charge is 2.15. The number of hydrogen-bond donors (Lipinski definition) is 1. The number of carbonyl (C=O) groups excluding carboxylic acids is 1. The van der Waals surface area contributed by atoms with E-state index in [0.29, 0.717) is 35.3 Å². The van der Waals surface area contributed by atoms with Gasteiger partial charge in [0.05, 0.1) is 6.61 Å². The zero-order chi connectivity index (χ0) is 20.3. The first kappa shape index (κ1) is 19.9. The Bertz CT molecular complexity index is 1070. The quantitative estimate of drug-likeness (QED) is 0.364. The van der Waals surface area contributed by atoms with Gasteiger partial charge in [-0.25, -0.2) is 4.79 Å². The summed E-state index contributed by atoms with van der Waals surface area (Å²) in [6.45, 7) is 4.01. The van der Waals surface area contributed by atoms with Crippen LogP contribution in [0.25, 0.3) is 11.0 Å². The van der Waals surface area contributed by atoms with Gasteiger partial charge in [0.2, 0.25) is 0 Å². The van der Waals surface area contributed by atoms with E-state index in [9.17, 15) is 14.7 Å². The predicted molar refractivity (Wildman–Crippen MR) is 104 cm³/mol. The van der Waals surface area contributed by atoms with Gasteiger partial charge in [-0.05, 0) is 30.5 Å². The van der Waals surface area contributed by atoms with Crippen molar-refractivity contribution in [2.75, 3.05) is 6.61 Å². The first-order chi connectivity index (χ1) is 13.4. The van der Waals surface area contributed by atoms with Crippen LogP contribution in [-0.4, -0.2) is 32.4 Å². The molecule has 0 aliphatic heterocycles. The van der Waals surface area contributed by atoms with Crippen molar-refractivity contribution in [3.05, 3.63) is 45.6 Å². The van der Waals surface area contributed by atoms with E-state index in [-0.39, 0.29) is 18.1 Å². The molecular weight excluding hydrogens is 382 g/mol. The first-order valence-electron chi connectivity index (χ1n) is 8.88. The SMILES string of the molecule is CCOC(=O)Cc1nnc(SCc2cc(=O)oc3cc(O)c(CC)cc23)n1C. The van der Waals surface area contributed by atoms with Crippen molar-refractivity contribution >= 4 is 28.7 Å². The van der Waals surface area contributed by atoms with Crippen LogP contribution in [0.1, 0.15) is 30.8 Å². The van der Waals surface area contributed by atoms with Crippen molar-refractivity contribution in [2.45, 2.75) is 37.6 Å². The molecular formula is C19H21N3O5S. The molecule has 0 spiro atoms. The van der Waals surface area contributed by atoms with Gasteiger partial charge in [0.15, 0.2) is 5.16 Å². The fourth-order valence-electron chi connectivity index (χ4n) is 2.82. The van der Waals surface area contributed by atoms with Crippen LogP contribution in [0.5, 0.6) is 5.75 Å². The van der Waals surface area contributed by atoms with E-state index in [1.54, 1.807) is 18.5 Å². The molecule has 0 amide bonds. The summed E-state index contributed by atoms with van der Waals surface area (Å²) in [5, 5.41) is 19.6. The van der Waals surface area contributed by atoms with E-state index < -0.39 is 5.63 Å². The Morgan fingerprint density at radius 3 is 2.75 bits per heavy atom. The van der Waals surface area contributed by atoms with Gasteiger partial charge < -0.3 is 18.8 Å². The number of hydrogen-bond acceptors (Lipinski definition) is 8. The lowest BCUT2D eigenvalue weighted by Crippen LogP contribution is -2.11. The van der Waals surface area contributed by atoms with Crippen molar-refractivity contribution in [1.29, 1.82) is 0 Å². The van der Waals surface area contributed by atoms with Crippen LogP contribution in [0, 0.1) is 0 Å². The Labute approximate surface area is 165 Å². The molecule has 1 aromatic carbocycles. The fourth-order valence-corrected chi connectivity index (χ4v) is 3.74. The molecule has 0 aliphatic carbocycles. The van der Waals surface area contributed by atoms with Crippen LogP contribution in [0.15, 0.2) is 32.6 Å². The van der Waals surface area contributed by atoms with Gasteiger partial charge in [-0.1, -0.05) is 18.7 Å². The molecule has 9 heteroatoms. The number of esters is 1. The zero-order valence-electron chi connectivity index (χ0n) is 15.9. The molecule has 3 aromatic rings. The van der Waals surface area contributed by atoms with Gasteiger partial charge in [0, 0.05) is 30.3 Å². The number of ether oxygens (including phenoxy) is 1. The van der Waals surface area contributed by atoms with Crippen molar-refractivity contribution in [1.82, 2.24) is 14.8 Å². The van der Waals surface area contributed by atoms with Gasteiger partial charge in [0.1, 0.15) is 23.6 Å². The molecule has 3 rings (SSSR count). The number of benzene rings is 1. The Hall–Kier alpha value is -2.81. The first-order valence-corrected chi connectivity index (χ1v) is 9.86. The molecule has 8 nitrogen and oxygen atoms in total. The van der Waals surface area contributed by atoms with Crippen molar-refractivity contribution in [3.63, 3.8) is 0 Å². The summed E-state index contributed by atoms with van der Waals surface area (Å²) < 4.78 is 11.9. The Kier molecular flexibility index (Phi) is 6.03. The third-order valence-electron chi connectivity index (χ3n) is 4.30. The number of phenolic OH excluding ortho intramolecular Hbond substituents is 1. The normalized spacial score (nSPS) is 11.1. The largest absolute Gasteiger partial charge is 0.508 e. The number of thioether (sulfide) groups is 1. The van der Waals surface area contributed by atoms with Gasteiger partial charge in [0.25, 0.3) is 0 Å². The molecule has 148 valence electrons. The van der Waals surface area contributed by atoms with E-state index in [1.807, 2.05) is 13.0 Å². The molecule has 0 saturated heterocycles. The van der Waals surface area contributed by atoms with Crippen LogP contribution < -0.4 is 5.63 Å². The second-order valence-corrected chi connectivity index (χ2v) is 7.09. The maximum absolute atomic E-state index is 11.9. The van der Waals surface area contributed by atoms with Crippen molar-refractivity contribution in [3.8, 4) is 5.75 Å². The Morgan fingerprint density at radius 1 is 1.25 bits per heavy atom. The highest BCUT2D eigenvalue weighted by Crippen LogP contribution is 2.30. The van der Waals surface area contributed by atoms with Crippen molar-refractivity contribution in [2.24, 2.45) is 7.05 Å². The fraction of sp³-hybridized carbons (Fsp3) is 0.368. The molecule has 28 heavy (non-hydrogen) atoms. The van der Waals surface area contributed by atoms with Gasteiger partial charge in [-0.15, -0.1) is 10.2 Å². The summed E-state index contributed by atoms with van der Waals surface area (Å²) in [6, 6.07) is 4.76. The zero-order valence-corrected chi connectivity index (χ0v) is 16.7. The van der Waals surface area contributed by atoms with E-state index in [1.165, 1.54) is 23.9 Å². The molecule has 0 bridgehead atoms. The van der Waals surface area contributed by atoms with Crippen LogP contribution in [0.3, 0.4) is 0 Å². The molecule has 1 N–H and O–H groups in total. The molecule has 0 atom stereocenters. The minimum absolute atomic E-state index is 0.0505. The Morgan fingerprint density at radius 2 is 2.04 bits per heavy atom. The lowest BCUT2D eigenvalue weighted by atomic mass is 10.1. The standard InChI is InChI=1S/C19H21N3O5S/c1-4-11-6-13-12(7-18(25)27-15(13)8-14(11)23)10-28-19-21-20-16(22(19)3)9-17(24)26-5-2/h6-8,23H,4-5,9-10H2,1-3H3. The van der Waals surface area contributed by atoms with Crippen molar-refractivity contribution < 1.29 is 19.1 Å². The number of aryl methyl sites for hydroxylation is 1. The van der Waals surface area contributed by atoms with E-state index in [2.05, 4.69) is 10.2 Å². The Balaban J connectivity index is 1.85. The number of aromatic hydroxyl groups is 1. The maximum atomic E-state index is 11.9. The maximum Gasteiger partial charge on any atom is 0.336 e. The summed E-state index contributed by atoms with van der Waals surface area (Å²) in [6.07, 6.45) is 0.711. The smallest absolute Gasteiger partial charge is 0.336 e. The number of phenols is 1. The lowest BCUT2D eigenvalue weighted by molar-refractivity contribution is -0.142. The number of nitrogens with zero attached hydrogens (tertiary/aromatic N) is 3. The number of fused-ring (bicyclic) bond motifs is 1. The molecule has 0 saturated carbocycles. The second-order valence-electron chi connectivity index (χ2n) is 6.15. The van der Waals surface area contributed by atoms with E-state index in [4.69, 9.17) is 9.15 Å². The lowest BCUT2D eigenvalue weighted by Gasteiger charge is -2.08. The van der Waals surface area contributed by atoms with Gasteiger partial charge in [-0.3, -0.25) is 4.79 Å². The van der Waals surface area contributed by atoms with Crippen LogP contribution in [-0.2, 0) is 35.2 Å². The average Bonchev–Trinajstić information content (AvgIpc) is 2.99. The molecule has 0 unspecified atom stereocenters. The minimum atomic E-state index is -0.479. The molecule has 0 radical (unpaired) electrons. The highest BCUT2D eigenvalue weighted by molar-refractivity contribution is 7.98. The highest BCUT2D eigenvalue weighted by atomic mass is 32.2. The average molecular weight is 403 g/mol. The summed E-state index contributed by atoms with van der Waals surface area (Å²) in [5.41, 5.74) is 1.43. The molecule has 0 aliphatic rings. The molecule has 2 aromatic heterocycles. The van der Waals surface area contributed by atoms with Gasteiger partial charge in [-0.2, -0.15) is 0 Å². The number of carbonyl (C=O) groups is 1. The monoisotopic (exact) mass is 403 g/mol. The number of aromatic nitrogens is 3. The summed E-state index contributed by atoms with van der Waals surface area (Å²) in [4.78, 5) is 23.5.